The molecule has 4 aromatic rings. The van der Waals surface area contributed by atoms with Gasteiger partial charge in [0.05, 0.1) is 15.8 Å². The second kappa shape index (κ2) is 8.65. The molecule has 11 nitrogen and oxygen atoms in total. The zero-order valence-electron chi connectivity index (χ0n) is 16.3. The maximum Gasteiger partial charge on any atom is 0.294 e. The summed E-state index contributed by atoms with van der Waals surface area (Å²) in [7, 11) is 0. The largest absolute Gasteiger partial charge is 0.507 e. The minimum Gasteiger partial charge on any atom is -0.507 e. The van der Waals surface area contributed by atoms with Crippen LogP contribution < -0.4 is 11.2 Å². The van der Waals surface area contributed by atoms with Crippen molar-refractivity contribution in [3.05, 3.63) is 63.8 Å². The third-order valence-corrected chi connectivity index (χ3v) is 5.13. The Kier molecular flexibility index (Phi) is 5.75. The Morgan fingerprint density at radius 3 is 2.66 bits per heavy atom. The van der Waals surface area contributed by atoms with Crippen molar-refractivity contribution in [1.29, 1.82) is 0 Å². The van der Waals surface area contributed by atoms with Crippen molar-refractivity contribution >= 4 is 40.6 Å². The maximum atomic E-state index is 12.9. The van der Waals surface area contributed by atoms with Gasteiger partial charge in [-0.25, -0.2) is 10.1 Å². The van der Waals surface area contributed by atoms with Crippen LogP contribution in [-0.4, -0.2) is 42.0 Å². The number of halogens is 2. The third kappa shape index (κ3) is 3.98. The van der Waals surface area contributed by atoms with Crippen molar-refractivity contribution in [2.24, 2.45) is 5.10 Å². The fourth-order valence-electron chi connectivity index (χ4n) is 2.85. The van der Waals surface area contributed by atoms with Crippen LogP contribution in [0.4, 0.5) is 5.82 Å². The molecule has 0 radical (unpaired) electrons. The number of nitrogens with zero attached hydrogens (tertiary/aromatic N) is 6. The summed E-state index contributed by atoms with van der Waals surface area (Å²) < 4.78 is 5.83. The molecule has 13 heteroatoms. The van der Waals surface area contributed by atoms with Crippen LogP contribution in [0.3, 0.4) is 0 Å². The molecule has 162 valence electrons. The number of carbonyl (C=O) groups is 1. The van der Waals surface area contributed by atoms with Crippen molar-refractivity contribution < 1.29 is 14.5 Å². The van der Waals surface area contributed by atoms with E-state index in [0.29, 0.717) is 21.9 Å². The fraction of sp³-hybridized carbons (Fsp3) is 0.0526. The number of phenols is 1. The van der Waals surface area contributed by atoms with Gasteiger partial charge in [0.1, 0.15) is 11.4 Å². The molecule has 0 unspecified atom stereocenters. The van der Waals surface area contributed by atoms with Crippen LogP contribution in [0.2, 0.25) is 10.0 Å². The lowest BCUT2D eigenvalue weighted by Crippen LogP contribution is -2.21. The van der Waals surface area contributed by atoms with Gasteiger partial charge < -0.3 is 10.8 Å². The summed E-state index contributed by atoms with van der Waals surface area (Å²) in [6.07, 6.45) is 0. The molecule has 0 saturated heterocycles. The number of hydrazone groups is 1. The van der Waals surface area contributed by atoms with Crippen LogP contribution in [0.1, 0.15) is 23.0 Å². The number of phenolic OH excluding ortho intramolecular Hbond substituents is 1. The number of aromatic hydroxyl groups is 1. The number of anilines is 1. The van der Waals surface area contributed by atoms with Gasteiger partial charge in [-0.3, -0.25) is 4.79 Å². The molecule has 2 aromatic carbocycles. The van der Waals surface area contributed by atoms with Crippen molar-refractivity contribution in [2.45, 2.75) is 6.92 Å². The van der Waals surface area contributed by atoms with Crippen LogP contribution in [0.5, 0.6) is 5.75 Å². The molecule has 4 N–H and O–H groups in total. The number of nitrogen functional groups attached to an aromatic ring is 1. The SMILES string of the molecule is CC(=NNC(=O)c1nnn(-c2nonc2N)c1-c1ccc(Cl)c(Cl)c1)c1ccccc1O. The van der Waals surface area contributed by atoms with Crippen molar-refractivity contribution in [3.63, 3.8) is 0 Å². The number of amides is 1. The summed E-state index contributed by atoms with van der Waals surface area (Å²) in [5.41, 5.74) is 9.60. The molecular weight excluding hydrogens is 459 g/mol. The van der Waals surface area contributed by atoms with E-state index in [-0.39, 0.29) is 33.8 Å². The topological polar surface area (TPSA) is 157 Å². The van der Waals surface area contributed by atoms with Crippen molar-refractivity contribution in [2.75, 3.05) is 5.73 Å². The number of nitrogens with one attached hydrogen (secondary N) is 1. The van der Waals surface area contributed by atoms with E-state index in [1.54, 1.807) is 37.3 Å². The lowest BCUT2D eigenvalue weighted by Gasteiger charge is -2.08. The third-order valence-electron chi connectivity index (χ3n) is 4.39. The Hall–Kier alpha value is -3.96. The summed E-state index contributed by atoms with van der Waals surface area (Å²) in [6, 6.07) is 11.3. The monoisotopic (exact) mass is 472 g/mol. The molecule has 0 spiro atoms. The highest BCUT2D eigenvalue weighted by Gasteiger charge is 2.25. The molecule has 32 heavy (non-hydrogen) atoms. The van der Waals surface area contributed by atoms with Gasteiger partial charge in [-0.05, 0) is 41.5 Å². The zero-order chi connectivity index (χ0) is 22.8. The lowest BCUT2D eigenvalue weighted by atomic mass is 10.1. The van der Waals surface area contributed by atoms with Crippen LogP contribution in [-0.2, 0) is 0 Å². The first kappa shape index (κ1) is 21.3. The van der Waals surface area contributed by atoms with Crippen molar-refractivity contribution in [3.8, 4) is 22.8 Å². The second-order valence-electron chi connectivity index (χ2n) is 6.46. The summed E-state index contributed by atoms with van der Waals surface area (Å²) in [5.74, 6) is -0.676. The van der Waals surface area contributed by atoms with Gasteiger partial charge in [-0.2, -0.15) is 9.78 Å². The van der Waals surface area contributed by atoms with Gasteiger partial charge >= 0.3 is 0 Å². The molecular formula is C19H14Cl2N8O3. The Balaban J connectivity index is 1.75. The standard InChI is InChI=1S/C19H14Cl2N8O3/c1-9(11-4-2-3-5-14(11)30)23-25-19(31)15-16(10-6-7-12(20)13(21)8-10)29(28-24-15)18-17(22)26-32-27-18/h2-8,30H,1H3,(H2,22,26)(H,25,31). The predicted molar refractivity (Wildman–Crippen MR) is 117 cm³/mol. The maximum absolute atomic E-state index is 12.9. The molecule has 0 atom stereocenters. The van der Waals surface area contributed by atoms with Gasteiger partial charge in [0.25, 0.3) is 5.91 Å². The first-order valence-corrected chi connectivity index (χ1v) is 9.75. The Morgan fingerprint density at radius 2 is 1.97 bits per heavy atom. The molecule has 0 bridgehead atoms. The van der Waals surface area contributed by atoms with Crippen LogP contribution >= 0.6 is 23.2 Å². The quantitative estimate of drug-likeness (QED) is 0.295. The average molecular weight is 473 g/mol. The smallest absolute Gasteiger partial charge is 0.294 e. The highest BCUT2D eigenvalue weighted by molar-refractivity contribution is 6.42. The van der Waals surface area contributed by atoms with E-state index in [0.717, 1.165) is 0 Å². The van der Waals surface area contributed by atoms with E-state index >= 15 is 0 Å². The number of para-hydroxylation sites is 1. The van der Waals surface area contributed by atoms with E-state index in [4.69, 9.17) is 28.9 Å². The van der Waals surface area contributed by atoms with E-state index in [1.165, 1.54) is 16.8 Å². The van der Waals surface area contributed by atoms with E-state index in [9.17, 15) is 9.90 Å². The van der Waals surface area contributed by atoms with E-state index < -0.39 is 5.91 Å². The molecule has 0 aliphatic rings. The Bertz CT molecular complexity index is 1350. The van der Waals surface area contributed by atoms with Gasteiger partial charge in [-0.15, -0.1) is 5.10 Å². The first-order chi connectivity index (χ1) is 15.4. The van der Waals surface area contributed by atoms with E-state index in [2.05, 4.69) is 35.8 Å². The molecule has 0 fully saturated rings. The number of hydrogen-bond acceptors (Lipinski definition) is 9. The number of carbonyl (C=O) groups excluding carboxylic acids is 1. The Morgan fingerprint density at radius 1 is 1.19 bits per heavy atom. The molecule has 2 heterocycles. The van der Waals surface area contributed by atoms with Crippen molar-refractivity contribution in [1.82, 2.24) is 30.7 Å². The summed E-state index contributed by atoms with van der Waals surface area (Å²) in [6.45, 7) is 1.63. The molecule has 4 rings (SSSR count). The number of hydrogen-bond donors (Lipinski definition) is 3. The second-order valence-corrected chi connectivity index (χ2v) is 7.27. The first-order valence-electron chi connectivity index (χ1n) is 8.99. The minimum absolute atomic E-state index is 0.0273. The molecule has 2 aromatic heterocycles. The molecule has 1 amide bonds. The van der Waals surface area contributed by atoms with Crippen LogP contribution in [0, 0.1) is 0 Å². The number of benzene rings is 2. The number of nitrogens with two attached hydrogens (primary N) is 1. The summed E-state index contributed by atoms with van der Waals surface area (Å²) in [4.78, 5) is 12.9. The van der Waals surface area contributed by atoms with Crippen LogP contribution in [0.15, 0.2) is 52.2 Å². The van der Waals surface area contributed by atoms with Gasteiger partial charge in [0.2, 0.25) is 11.6 Å². The van der Waals surface area contributed by atoms with Gasteiger partial charge in [-0.1, -0.05) is 46.6 Å². The predicted octanol–water partition coefficient (Wildman–Crippen LogP) is 3.07. The summed E-state index contributed by atoms with van der Waals surface area (Å²) >= 11 is 12.2. The normalized spacial score (nSPS) is 11.5. The molecule has 0 aliphatic carbocycles. The number of aromatic nitrogens is 5. The average Bonchev–Trinajstić information content (AvgIpc) is 3.40. The van der Waals surface area contributed by atoms with Crippen LogP contribution in [0.25, 0.3) is 17.1 Å². The minimum atomic E-state index is -0.679. The fourth-order valence-corrected chi connectivity index (χ4v) is 3.15. The van der Waals surface area contributed by atoms with Gasteiger partial charge in [0.15, 0.2) is 5.69 Å². The lowest BCUT2D eigenvalue weighted by molar-refractivity contribution is 0.0950. The highest BCUT2D eigenvalue weighted by Crippen LogP contribution is 2.31. The zero-order valence-corrected chi connectivity index (χ0v) is 17.8. The van der Waals surface area contributed by atoms with E-state index in [1.807, 2.05) is 0 Å². The number of rotatable bonds is 5. The molecule has 0 aliphatic heterocycles. The molecule has 0 saturated carbocycles. The highest BCUT2D eigenvalue weighted by atomic mass is 35.5. The van der Waals surface area contributed by atoms with Gasteiger partial charge in [0, 0.05) is 11.1 Å². The Labute approximate surface area is 190 Å². The summed E-state index contributed by atoms with van der Waals surface area (Å²) in [5, 5.41) is 29.7.